The van der Waals surface area contributed by atoms with Gasteiger partial charge in [-0.05, 0) is 42.0 Å². The molecular formula is C25H34ClN3O3. The van der Waals surface area contributed by atoms with Crippen LogP contribution in [0.15, 0.2) is 42.5 Å². The third kappa shape index (κ3) is 6.44. The van der Waals surface area contributed by atoms with Gasteiger partial charge in [0.1, 0.15) is 6.23 Å². The maximum Gasteiger partial charge on any atom is 0.270 e. The van der Waals surface area contributed by atoms with Crippen molar-refractivity contribution in [3.63, 3.8) is 0 Å². The average Bonchev–Trinajstić information content (AvgIpc) is 2.74. The molecule has 6 nitrogen and oxygen atoms in total. The molecule has 1 heterocycles. The Morgan fingerprint density at radius 1 is 1.12 bits per heavy atom. The normalized spacial score (nSPS) is 17.2. The van der Waals surface area contributed by atoms with Gasteiger partial charge in [-0.2, -0.15) is 0 Å². The molecule has 0 saturated carbocycles. The van der Waals surface area contributed by atoms with E-state index in [1.165, 1.54) is 0 Å². The monoisotopic (exact) mass is 459 g/mol. The number of anilines is 1. The van der Waals surface area contributed by atoms with Gasteiger partial charge in [-0.25, -0.2) is 0 Å². The highest BCUT2D eigenvalue weighted by molar-refractivity contribution is 6.30. The van der Waals surface area contributed by atoms with Gasteiger partial charge in [0.15, 0.2) is 0 Å². The third-order valence-electron chi connectivity index (χ3n) is 5.50. The van der Waals surface area contributed by atoms with E-state index < -0.39 is 0 Å². The number of halogens is 1. The summed E-state index contributed by atoms with van der Waals surface area (Å²) in [4.78, 5) is 15.9. The molecule has 0 aliphatic carbocycles. The number of benzene rings is 2. The molecule has 1 saturated heterocycles. The second-order valence-corrected chi connectivity index (χ2v) is 9.80. The zero-order valence-electron chi connectivity index (χ0n) is 19.5. The molecule has 2 aromatic rings. The van der Waals surface area contributed by atoms with Crippen molar-refractivity contribution < 1.29 is 9.66 Å². The molecule has 0 radical (unpaired) electrons. The number of rotatable bonds is 9. The molecule has 7 heteroatoms. The summed E-state index contributed by atoms with van der Waals surface area (Å²) in [5.41, 5.74) is 3.12. The van der Waals surface area contributed by atoms with Crippen molar-refractivity contribution in [3.05, 3.63) is 68.7 Å². The van der Waals surface area contributed by atoms with Crippen LogP contribution in [0, 0.1) is 22.0 Å². The fourth-order valence-electron chi connectivity index (χ4n) is 4.25. The first-order valence-electron chi connectivity index (χ1n) is 11.4. The largest absolute Gasteiger partial charge is 0.371 e. The molecule has 1 aliphatic rings. The minimum atomic E-state index is -0.337. The number of ether oxygens (including phenoxy) is 1. The zero-order chi connectivity index (χ0) is 23.3. The molecule has 174 valence electrons. The minimum absolute atomic E-state index is 0.0958. The van der Waals surface area contributed by atoms with Gasteiger partial charge in [-0.1, -0.05) is 51.4 Å². The number of nitro groups is 1. The minimum Gasteiger partial charge on any atom is -0.371 e. The van der Waals surface area contributed by atoms with Crippen LogP contribution in [0.1, 0.15) is 51.5 Å². The Hall–Kier alpha value is -2.15. The number of nitro benzene ring substituents is 1. The zero-order valence-corrected chi connectivity index (χ0v) is 20.2. The Morgan fingerprint density at radius 3 is 2.38 bits per heavy atom. The smallest absolute Gasteiger partial charge is 0.270 e. The van der Waals surface area contributed by atoms with Gasteiger partial charge in [0, 0.05) is 54.6 Å². The molecule has 1 unspecified atom stereocenters. The van der Waals surface area contributed by atoms with E-state index in [0.29, 0.717) is 30.0 Å². The van der Waals surface area contributed by atoms with E-state index in [1.54, 1.807) is 12.1 Å². The van der Waals surface area contributed by atoms with Crippen molar-refractivity contribution >= 4 is 23.0 Å². The fraction of sp³-hybridized carbons (Fsp3) is 0.520. The number of hydrogen-bond acceptors (Lipinski definition) is 5. The van der Waals surface area contributed by atoms with Gasteiger partial charge in [-0.3, -0.25) is 15.0 Å². The quantitative estimate of drug-likeness (QED) is 0.326. The molecule has 0 bridgehead atoms. The van der Waals surface area contributed by atoms with E-state index in [1.807, 2.05) is 30.3 Å². The maximum atomic E-state index is 11.6. The van der Waals surface area contributed by atoms with Crippen LogP contribution in [-0.2, 0) is 11.3 Å². The topological polar surface area (TPSA) is 58.9 Å². The molecular weight excluding hydrogens is 426 g/mol. The van der Waals surface area contributed by atoms with Crippen molar-refractivity contribution in [2.75, 3.05) is 31.1 Å². The maximum absolute atomic E-state index is 11.6. The van der Waals surface area contributed by atoms with Crippen molar-refractivity contribution in [2.24, 2.45) is 11.8 Å². The molecule has 1 aliphatic heterocycles. The number of nitrogens with zero attached hydrogens (tertiary/aromatic N) is 3. The summed E-state index contributed by atoms with van der Waals surface area (Å²) < 4.78 is 6.26. The van der Waals surface area contributed by atoms with E-state index in [2.05, 4.69) is 37.5 Å². The van der Waals surface area contributed by atoms with Crippen LogP contribution in [0.5, 0.6) is 0 Å². The van der Waals surface area contributed by atoms with Crippen LogP contribution < -0.4 is 4.90 Å². The van der Waals surface area contributed by atoms with Crippen molar-refractivity contribution in [1.29, 1.82) is 0 Å². The van der Waals surface area contributed by atoms with Gasteiger partial charge in [0.25, 0.3) is 5.69 Å². The predicted octanol–water partition coefficient (Wildman–Crippen LogP) is 6.29. The molecule has 2 aromatic carbocycles. The van der Waals surface area contributed by atoms with E-state index in [-0.39, 0.29) is 16.8 Å². The number of non-ortho nitro benzene ring substituents is 1. The molecule has 1 fully saturated rings. The molecule has 0 spiro atoms. The Morgan fingerprint density at radius 2 is 1.78 bits per heavy atom. The SMILES string of the molecule is CC(C)CN(CC(C)C)c1ccc([N+](=O)[O-])cc1C1OCCCN1Cc1ccc(Cl)cc1. The summed E-state index contributed by atoms with van der Waals surface area (Å²) in [6.07, 6.45) is 0.590. The molecule has 0 aromatic heterocycles. The standard InChI is InChI=1S/C25H34ClN3O3/c1-18(2)15-28(16-19(3)4)24-11-10-22(29(30)31)14-23(24)25-27(12-5-13-32-25)17-20-6-8-21(26)9-7-20/h6-11,14,18-19,25H,5,12-13,15-17H2,1-4H3. The van der Waals surface area contributed by atoms with Crippen LogP contribution in [-0.4, -0.2) is 36.1 Å². The highest BCUT2D eigenvalue weighted by atomic mass is 35.5. The highest BCUT2D eigenvalue weighted by Gasteiger charge is 2.30. The van der Waals surface area contributed by atoms with E-state index >= 15 is 0 Å². The van der Waals surface area contributed by atoms with Gasteiger partial charge in [0.2, 0.25) is 0 Å². The van der Waals surface area contributed by atoms with Gasteiger partial charge < -0.3 is 9.64 Å². The second-order valence-electron chi connectivity index (χ2n) is 9.37. The average molecular weight is 460 g/mol. The number of hydrogen-bond donors (Lipinski definition) is 0. The van der Waals surface area contributed by atoms with Crippen LogP contribution in [0.3, 0.4) is 0 Å². The van der Waals surface area contributed by atoms with E-state index in [0.717, 1.165) is 42.9 Å². The molecule has 1 atom stereocenters. The van der Waals surface area contributed by atoms with Crippen LogP contribution in [0.2, 0.25) is 5.02 Å². The summed E-state index contributed by atoms with van der Waals surface area (Å²) in [6.45, 7) is 12.7. The molecule has 3 rings (SSSR count). The first kappa shape index (κ1) is 24.5. The molecule has 0 amide bonds. The van der Waals surface area contributed by atoms with Gasteiger partial charge in [0.05, 0.1) is 11.5 Å². The Balaban J connectivity index is 2.01. The Labute approximate surface area is 196 Å². The van der Waals surface area contributed by atoms with Gasteiger partial charge in [-0.15, -0.1) is 0 Å². The van der Waals surface area contributed by atoms with E-state index in [4.69, 9.17) is 16.3 Å². The van der Waals surface area contributed by atoms with Gasteiger partial charge >= 0.3 is 0 Å². The summed E-state index contributed by atoms with van der Waals surface area (Å²) in [6, 6.07) is 13.0. The lowest BCUT2D eigenvalue weighted by Gasteiger charge is -2.39. The lowest BCUT2D eigenvalue weighted by Crippen LogP contribution is -2.38. The van der Waals surface area contributed by atoms with Crippen molar-refractivity contribution in [2.45, 2.75) is 46.9 Å². The Bertz CT molecular complexity index is 892. The van der Waals surface area contributed by atoms with Crippen LogP contribution in [0.25, 0.3) is 0 Å². The van der Waals surface area contributed by atoms with Crippen molar-refractivity contribution in [3.8, 4) is 0 Å². The first-order chi connectivity index (χ1) is 15.2. The molecule has 32 heavy (non-hydrogen) atoms. The van der Waals surface area contributed by atoms with Crippen LogP contribution >= 0.6 is 11.6 Å². The highest BCUT2D eigenvalue weighted by Crippen LogP contribution is 2.37. The summed E-state index contributed by atoms with van der Waals surface area (Å²) in [5.74, 6) is 0.934. The summed E-state index contributed by atoms with van der Waals surface area (Å²) in [5, 5.41) is 12.3. The summed E-state index contributed by atoms with van der Waals surface area (Å²) in [7, 11) is 0. The second kappa shape index (κ2) is 11.1. The first-order valence-corrected chi connectivity index (χ1v) is 11.8. The predicted molar refractivity (Wildman–Crippen MR) is 130 cm³/mol. The lowest BCUT2D eigenvalue weighted by molar-refractivity contribution is -0.385. The van der Waals surface area contributed by atoms with Crippen molar-refractivity contribution in [1.82, 2.24) is 4.90 Å². The fourth-order valence-corrected chi connectivity index (χ4v) is 4.38. The third-order valence-corrected chi connectivity index (χ3v) is 5.75. The summed E-state index contributed by atoms with van der Waals surface area (Å²) >= 11 is 6.06. The van der Waals surface area contributed by atoms with Crippen LogP contribution in [0.4, 0.5) is 11.4 Å². The molecule has 0 N–H and O–H groups in total. The lowest BCUT2D eigenvalue weighted by atomic mass is 10.0. The Kier molecular flexibility index (Phi) is 8.51. The van der Waals surface area contributed by atoms with E-state index in [9.17, 15) is 10.1 Å².